The van der Waals surface area contributed by atoms with E-state index in [1.165, 1.54) is 0 Å². The molecular formula is C26H43N3O4S. The fraction of sp³-hybridized carbons (Fsp3) is 0.654. The van der Waals surface area contributed by atoms with Crippen LogP contribution in [0.3, 0.4) is 0 Å². The number of amides is 3. The number of nitrogens with zero attached hydrogens (tertiary/aromatic N) is 1. The Balaban J connectivity index is 3.50. The SMILES string of the molecule is CSCCC(NC(=O)OC(C)(C)C)C(=O)N(C(C)C)C(C(=O)NC(C)C)c1cccc(C)c1C. The first-order chi connectivity index (χ1) is 15.7. The van der Waals surface area contributed by atoms with Crippen LogP contribution in [0.2, 0.25) is 0 Å². The van der Waals surface area contributed by atoms with E-state index >= 15 is 0 Å². The van der Waals surface area contributed by atoms with Crippen LogP contribution in [0.1, 0.15) is 77.6 Å². The zero-order valence-electron chi connectivity index (χ0n) is 22.4. The summed E-state index contributed by atoms with van der Waals surface area (Å²) in [7, 11) is 0. The molecule has 0 aromatic heterocycles. The zero-order valence-corrected chi connectivity index (χ0v) is 23.3. The Morgan fingerprint density at radius 2 is 1.68 bits per heavy atom. The standard InChI is InChI=1S/C26H43N3O4S/c1-16(2)27-23(30)22(20-13-11-12-18(5)19(20)6)29(17(3)4)24(31)21(14-15-34-10)28-25(32)33-26(7,8)9/h11-13,16-17,21-22H,14-15H2,1-10H3,(H,27,30)(H,28,32). The van der Waals surface area contributed by atoms with E-state index in [9.17, 15) is 14.4 Å². The lowest BCUT2D eigenvalue weighted by atomic mass is 9.94. The lowest BCUT2D eigenvalue weighted by Gasteiger charge is -2.38. The summed E-state index contributed by atoms with van der Waals surface area (Å²) in [6.07, 6.45) is 1.73. The maximum absolute atomic E-state index is 14.0. The van der Waals surface area contributed by atoms with E-state index in [2.05, 4.69) is 10.6 Å². The molecule has 0 fully saturated rings. The number of carbonyl (C=O) groups is 3. The minimum absolute atomic E-state index is 0.0867. The summed E-state index contributed by atoms with van der Waals surface area (Å²) in [5.74, 6) is 0.121. The molecule has 0 aliphatic heterocycles. The van der Waals surface area contributed by atoms with Crippen LogP contribution in [0.4, 0.5) is 4.79 Å². The average Bonchev–Trinajstić information content (AvgIpc) is 2.68. The van der Waals surface area contributed by atoms with Gasteiger partial charge in [-0.15, -0.1) is 0 Å². The molecule has 0 heterocycles. The minimum Gasteiger partial charge on any atom is -0.444 e. The normalized spacial score (nSPS) is 13.4. The van der Waals surface area contributed by atoms with Gasteiger partial charge in [0, 0.05) is 12.1 Å². The second-order valence-corrected chi connectivity index (χ2v) is 11.2. The van der Waals surface area contributed by atoms with Gasteiger partial charge in [0.05, 0.1) is 0 Å². The van der Waals surface area contributed by atoms with Gasteiger partial charge in [-0.3, -0.25) is 9.59 Å². The van der Waals surface area contributed by atoms with Gasteiger partial charge in [-0.2, -0.15) is 11.8 Å². The van der Waals surface area contributed by atoms with Gasteiger partial charge in [-0.25, -0.2) is 4.79 Å². The molecule has 7 nitrogen and oxygen atoms in total. The lowest BCUT2D eigenvalue weighted by Crippen LogP contribution is -2.55. The van der Waals surface area contributed by atoms with Gasteiger partial charge in [-0.05, 0) is 97.4 Å². The first-order valence-electron chi connectivity index (χ1n) is 11.9. The highest BCUT2D eigenvalue weighted by atomic mass is 32.2. The van der Waals surface area contributed by atoms with Gasteiger partial charge in [-0.1, -0.05) is 18.2 Å². The molecule has 34 heavy (non-hydrogen) atoms. The summed E-state index contributed by atoms with van der Waals surface area (Å²) in [6.45, 7) is 16.8. The quantitative estimate of drug-likeness (QED) is 0.491. The number of benzene rings is 1. The number of hydrogen-bond donors (Lipinski definition) is 2. The second kappa shape index (κ2) is 13.0. The molecule has 0 aliphatic carbocycles. The van der Waals surface area contributed by atoms with Crippen LogP contribution in [-0.4, -0.2) is 58.5 Å². The molecule has 1 rings (SSSR count). The van der Waals surface area contributed by atoms with E-state index in [4.69, 9.17) is 4.74 Å². The summed E-state index contributed by atoms with van der Waals surface area (Å²) < 4.78 is 5.41. The van der Waals surface area contributed by atoms with Gasteiger partial charge in [0.15, 0.2) is 0 Å². The highest BCUT2D eigenvalue weighted by Crippen LogP contribution is 2.29. The largest absolute Gasteiger partial charge is 0.444 e. The van der Waals surface area contributed by atoms with Gasteiger partial charge in [0.2, 0.25) is 11.8 Å². The van der Waals surface area contributed by atoms with Crippen molar-refractivity contribution in [3.8, 4) is 0 Å². The fourth-order valence-corrected chi connectivity index (χ4v) is 4.12. The van der Waals surface area contributed by atoms with Gasteiger partial charge < -0.3 is 20.3 Å². The van der Waals surface area contributed by atoms with Crippen molar-refractivity contribution in [2.45, 2.75) is 98.5 Å². The van der Waals surface area contributed by atoms with Crippen molar-refractivity contribution < 1.29 is 19.1 Å². The topological polar surface area (TPSA) is 87.7 Å². The molecule has 0 bridgehead atoms. The third kappa shape index (κ3) is 8.85. The summed E-state index contributed by atoms with van der Waals surface area (Å²) in [5, 5.41) is 5.74. The van der Waals surface area contributed by atoms with Crippen molar-refractivity contribution in [3.63, 3.8) is 0 Å². The maximum atomic E-state index is 14.0. The molecule has 0 saturated carbocycles. The van der Waals surface area contributed by atoms with Gasteiger partial charge in [0.1, 0.15) is 17.7 Å². The predicted octanol–water partition coefficient (Wildman–Crippen LogP) is 4.75. The molecular weight excluding hydrogens is 450 g/mol. The minimum atomic E-state index is -0.827. The highest BCUT2D eigenvalue weighted by molar-refractivity contribution is 7.98. The van der Waals surface area contributed by atoms with E-state index < -0.39 is 23.8 Å². The Labute approximate surface area is 209 Å². The predicted molar refractivity (Wildman–Crippen MR) is 140 cm³/mol. The molecule has 0 spiro atoms. The van der Waals surface area contributed by atoms with Crippen LogP contribution in [-0.2, 0) is 14.3 Å². The number of aryl methyl sites for hydroxylation is 1. The fourth-order valence-electron chi connectivity index (χ4n) is 3.65. The molecule has 2 unspecified atom stereocenters. The summed E-state index contributed by atoms with van der Waals surface area (Å²) in [6, 6.07) is 3.78. The molecule has 1 aromatic carbocycles. The van der Waals surface area contributed by atoms with Crippen LogP contribution < -0.4 is 10.6 Å². The molecule has 2 N–H and O–H groups in total. The van der Waals surface area contributed by atoms with E-state index in [0.717, 1.165) is 16.7 Å². The maximum Gasteiger partial charge on any atom is 0.408 e. The Morgan fingerprint density at radius 3 is 2.18 bits per heavy atom. The summed E-state index contributed by atoms with van der Waals surface area (Å²) >= 11 is 1.59. The summed E-state index contributed by atoms with van der Waals surface area (Å²) in [4.78, 5) is 41.6. The Bertz CT molecular complexity index is 849. The van der Waals surface area contributed by atoms with Crippen molar-refractivity contribution in [1.82, 2.24) is 15.5 Å². The molecule has 1 aromatic rings. The Kier molecular flexibility index (Phi) is 11.4. The molecule has 0 radical (unpaired) electrons. The van der Waals surface area contributed by atoms with Crippen molar-refractivity contribution in [2.24, 2.45) is 0 Å². The van der Waals surface area contributed by atoms with Crippen molar-refractivity contribution >= 4 is 29.7 Å². The van der Waals surface area contributed by atoms with E-state index in [1.54, 1.807) is 37.4 Å². The van der Waals surface area contributed by atoms with E-state index in [0.29, 0.717) is 12.2 Å². The second-order valence-electron chi connectivity index (χ2n) is 10.2. The Morgan fingerprint density at radius 1 is 1.06 bits per heavy atom. The molecule has 0 aliphatic rings. The zero-order chi connectivity index (χ0) is 26.2. The van der Waals surface area contributed by atoms with E-state index in [-0.39, 0.29) is 23.9 Å². The number of rotatable bonds is 10. The van der Waals surface area contributed by atoms with Crippen LogP contribution >= 0.6 is 11.8 Å². The van der Waals surface area contributed by atoms with Crippen molar-refractivity contribution in [3.05, 3.63) is 34.9 Å². The first kappa shape index (κ1) is 29.8. The van der Waals surface area contributed by atoms with Crippen LogP contribution in [0.15, 0.2) is 18.2 Å². The molecule has 2 atom stereocenters. The third-order valence-electron chi connectivity index (χ3n) is 5.31. The molecule has 0 saturated heterocycles. The number of thioether (sulfide) groups is 1. The smallest absolute Gasteiger partial charge is 0.408 e. The molecule has 8 heteroatoms. The number of carbonyl (C=O) groups excluding carboxylic acids is 3. The van der Waals surface area contributed by atoms with Gasteiger partial charge in [0.25, 0.3) is 0 Å². The number of alkyl carbamates (subject to hydrolysis) is 1. The van der Waals surface area contributed by atoms with E-state index in [1.807, 2.05) is 66.0 Å². The number of nitrogens with one attached hydrogen (secondary N) is 2. The molecule has 192 valence electrons. The first-order valence-corrected chi connectivity index (χ1v) is 13.3. The average molecular weight is 494 g/mol. The highest BCUT2D eigenvalue weighted by Gasteiger charge is 2.38. The molecule has 3 amide bonds. The van der Waals surface area contributed by atoms with Crippen molar-refractivity contribution in [2.75, 3.05) is 12.0 Å². The van der Waals surface area contributed by atoms with Crippen LogP contribution in [0.25, 0.3) is 0 Å². The lowest BCUT2D eigenvalue weighted by molar-refractivity contribution is -0.144. The van der Waals surface area contributed by atoms with Crippen molar-refractivity contribution in [1.29, 1.82) is 0 Å². The monoisotopic (exact) mass is 493 g/mol. The van der Waals surface area contributed by atoms with Gasteiger partial charge >= 0.3 is 6.09 Å². The number of hydrogen-bond acceptors (Lipinski definition) is 5. The van der Waals surface area contributed by atoms with Crippen LogP contribution in [0, 0.1) is 13.8 Å². The number of ether oxygens (including phenoxy) is 1. The Hall–Kier alpha value is -2.22. The van der Waals surface area contributed by atoms with Crippen LogP contribution in [0.5, 0.6) is 0 Å². The third-order valence-corrected chi connectivity index (χ3v) is 5.95. The summed E-state index contributed by atoms with van der Waals surface area (Å²) in [5.41, 5.74) is 2.10.